The molecule has 18 heavy (non-hydrogen) atoms. The Morgan fingerprint density at radius 1 is 1.06 bits per heavy atom. The van der Waals surface area contributed by atoms with Gasteiger partial charge in [-0.3, -0.25) is 0 Å². The Balaban J connectivity index is 3.28. The molecule has 0 N–H and O–H groups in total. The lowest BCUT2D eigenvalue weighted by molar-refractivity contribution is 0.0599. The minimum absolute atomic E-state index is 0.262. The molecule has 1 unspecified atom stereocenters. The van der Waals surface area contributed by atoms with Crippen molar-refractivity contribution in [3.8, 4) is 0 Å². The molecule has 1 atom stereocenters. The smallest absolute Gasteiger partial charge is 0.337 e. The van der Waals surface area contributed by atoms with E-state index in [0.29, 0.717) is 11.1 Å². The number of rotatable bonds is 4. The topological polar surface area (TPSA) is 52.6 Å². The van der Waals surface area contributed by atoms with Gasteiger partial charge in [-0.2, -0.15) is 0 Å². The first-order valence-corrected chi connectivity index (χ1v) is 5.85. The molecule has 0 bridgehead atoms. The van der Waals surface area contributed by atoms with E-state index in [-0.39, 0.29) is 5.92 Å². The summed E-state index contributed by atoms with van der Waals surface area (Å²) >= 11 is 0. The quantitative estimate of drug-likeness (QED) is 0.771. The van der Waals surface area contributed by atoms with Crippen LogP contribution >= 0.6 is 0 Å². The number of methoxy groups -OCH3 is 2. The van der Waals surface area contributed by atoms with Crippen LogP contribution in [0.25, 0.3) is 0 Å². The van der Waals surface area contributed by atoms with Gasteiger partial charge in [0.2, 0.25) is 0 Å². The van der Waals surface area contributed by atoms with Crippen molar-refractivity contribution >= 4 is 11.9 Å². The van der Waals surface area contributed by atoms with Gasteiger partial charge in [0.1, 0.15) is 0 Å². The summed E-state index contributed by atoms with van der Waals surface area (Å²) in [6.45, 7) is 4.09. The molecule has 1 aromatic carbocycles. The van der Waals surface area contributed by atoms with E-state index in [9.17, 15) is 9.59 Å². The maximum Gasteiger partial charge on any atom is 0.337 e. The van der Waals surface area contributed by atoms with E-state index < -0.39 is 11.9 Å². The van der Waals surface area contributed by atoms with Crippen molar-refractivity contribution in [2.24, 2.45) is 0 Å². The Labute approximate surface area is 107 Å². The van der Waals surface area contributed by atoms with Crippen LogP contribution < -0.4 is 0 Å². The first-order valence-electron chi connectivity index (χ1n) is 5.85. The fourth-order valence-corrected chi connectivity index (χ4v) is 1.64. The second kappa shape index (κ2) is 6.19. The summed E-state index contributed by atoms with van der Waals surface area (Å²) in [7, 11) is 2.63. The third-order valence-electron chi connectivity index (χ3n) is 2.98. The second-order valence-electron chi connectivity index (χ2n) is 4.14. The van der Waals surface area contributed by atoms with E-state index >= 15 is 0 Å². The average molecular weight is 250 g/mol. The zero-order chi connectivity index (χ0) is 13.7. The molecule has 0 aliphatic carbocycles. The lowest BCUT2D eigenvalue weighted by Gasteiger charge is -2.12. The number of esters is 2. The molecule has 0 saturated heterocycles. The summed E-state index contributed by atoms with van der Waals surface area (Å²) in [6.07, 6.45) is 0.922. The molecule has 0 aliphatic rings. The van der Waals surface area contributed by atoms with Crippen LogP contribution in [0.2, 0.25) is 0 Å². The van der Waals surface area contributed by atoms with Crippen LogP contribution in [0.3, 0.4) is 0 Å². The molecule has 4 nitrogen and oxygen atoms in total. The molecule has 1 rings (SSSR count). The molecule has 0 aliphatic heterocycles. The van der Waals surface area contributed by atoms with E-state index in [1.807, 2.05) is 13.8 Å². The first kappa shape index (κ1) is 14.2. The van der Waals surface area contributed by atoms with E-state index in [1.165, 1.54) is 20.3 Å². The number of hydrogen-bond donors (Lipinski definition) is 0. The van der Waals surface area contributed by atoms with Crippen LogP contribution in [-0.2, 0) is 9.47 Å². The second-order valence-corrected chi connectivity index (χ2v) is 4.14. The molecule has 0 saturated carbocycles. The van der Waals surface area contributed by atoms with Gasteiger partial charge in [-0.15, -0.1) is 0 Å². The summed E-state index contributed by atoms with van der Waals surface area (Å²) in [5, 5.41) is 0. The molecule has 0 heterocycles. The zero-order valence-corrected chi connectivity index (χ0v) is 11.1. The third-order valence-corrected chi connectivity index (χ3v) is 2.98. The molecular formula is C14H18O4. The maximum absolute atomic E-state index is 11.6. The fraction of sp³-hybridized carbons (Fsp3) is 0.429. The monoisotopic (exact) mass is 250 g/mol. The predicted octanol–water partition coefficient (Wildman–Crippen LogP) is 2.77. The van der Waals surface area contributed by atoms with Crippen molar-refractivity contribution in [2.45, 2.75) is 26.2 Å². The summed E-state index contributed by atoms with van der Waals surface area (Å²) < 4.78 is 9.36. The molecule has 0 amide bonds. The number of carbonyl (C=O) groups excluding carboxylic acids is 2. The Kier molecular flexibility index (Phi) is 4.89. The van der Waals surface area contributed by atoms with Crippen molar-refractivity contribution < 1.29 is 19.1 Å². The Hall–Kier alpha value is -1.84. The standard InChI is InChI=1S/C14H18O4/c1-5-9(2)10-6-11(13(15)17-3)8-12(7-10)14(16)18-4/h6-9H,5H2,1-4H3. The van der Waals surface area contributed by atoms with Crippen LogP contribution in [0.15, 0.2) is 18.2 Å². The highest BCUT2D eigenvalue weighted by molar-refractivity contribution is 5.95. The van der Waals surface area contributed by atoms with Crippen LogP contribution in [-0.4, -0.2) is 26.2 Å². The van der Waals surface area contributed by atoms with Gasteiger partial charge < -0.3 is 9.47 Å². The van der Waals surface area contributed by atoms with Gasteiger partial charge in [0.05, 0.1) is 25.3 Å². The van der Waals surface area contributed by atoms with Gasteiger partial charge in [-0.25, -0.2) is 9.59 Å². The molecular weight excluding hydrogens is 232 g/mol. The van der Waals surface area contributed by atoms with E-state index in [2.05, 4.69) is 9.47 Å². The highest BCUT2D eigenvalue weighted by Gasteiger charge is 2.15. The van der Waals surface area contributed by atoms with Crippen LogP contribution in [0.1, 0.15) is 52.5 Å². The van der Waals surface area contributed by atoms with E-state index in [0.717, 1.165) is 12.0 Å². The van der Waals surface area contributed by atoms with Crippen LogP contribution in [0.5, 0.6) is 0 Å². The van der Waals surface area contributed by atoms with Gasteiger partial charge in [0.25, 0.3) is 0 Å². The van der Waals surface area contributed by atoms with Gasteiger partial charge in [-0.05, 0) is 36.1 Å². The maximum atomic E-state index is 11.6. The highest BCUT2D eigenvalue weighted by atomic mass is 16.5. The van der Waals surface area contributed by atoms with Crippen LogP contribution in [0, 0.1) is 0 Å². The van der Waals surface area contributed by atoms with E-state index in [1.54, 1.807) is 12.1 Å². The Bertz CT molecular complexity index is 417. The zero-order valence-electron chi connectivity index (χ0n) is 11.1. The number of benzene rings is 1. The van der Waals surface area contributed by atoms with Crippen molar-refractivity contribution in [1.29, 1.82) is 0 Å². The van der Waals surface area contributed by atoms with Crippen LogP contribution in [0.4, 0.5) is 0 Å². The largest absolute Gasteiger partial charge is 0.465 e. The number of ether oxygens (including phenoxy) is 2. The van der Waals surface area contributed by atoms with E-state index in [4.69, 9.17) is 0 Å². The molecule has 0 radical (unpaired) electrons. The minimum Gasteiger partial charge on any atom is -0.465 e. The number of hydrogen-bond acceptors (Lipinski definition) is 4. The minimum atomic E-state index is -0.453. The first-order chi connectivity index (χ1) is 8.53. The molecule has 98 valence electrons. The summed E-state index contributed by atoms with van der Waals surface area (Å²) in [4.78, 5) is 23.1. The fourth-order valence-electron chi connectivity index (χ4n) is 1.64. The van der Waals surface area contributed by atoms with Gasteiger partial charge in [-0.1, -0.05) is 13.8 Å². The van der Waals surface area contributed by atoms with Crippen molar-refractivity contribution in [3.05, 3.63) is 34.9 Å². The average Bonchev–Trinajstić information content (AvgIpc) is 2.43. The van der Waals surface area contributed by atoms with Crippen molar-refractivity contribution in [2.75, 3.05) is 14.2 Å². The Morgan fingerprint density at radius 3 is 1.83 bits per heavy atom. The molecule has 0 fully saturated rings. The SMILES string of the molecule is CCC(C)c1cc(C(=O)OC)cc(C(=O)OC)c1. The van der Waals surface area contributed by atoms with Gasteiger partial charge >= 0.3 is 11.9 Å². The molecule has 0 spiro atoms. The third kappa shape index (κ3) is 3.09. The molecule has 0 aromatic heterocycles. The highest BCUT2D eigenvalue weighted by Crippen LogP contribution is 2.22. The predicted molar refractivity (Wildman–Crippen MR) is 67.8 cm³/mol. The van der Waals surface area contributed by atoms with Gasteiger partial charge in [0, 0.05) is 0 Å². The summed E-state index contributed by atoms with van der Waals surface area (Å²) in [5.74, 6) is -0.645. The normalized spacial score (nSPS) is 11.8. The summed E-state index contributed by atoms with van der Waals surface area (Å²) in [6, 6.07) is 5.00. The summed E-state index contributed by atoms with van der Waals surface area (Å²) in [5.41, 5.74) is 1.67. The van der Waals surface area contributed by atoms with Crippen molar-refractivity contribution in [3.63, 3.8) is 0 Å². The molecule has 1 aromatic rings. The van der Waals surface area contributed by atoms with Crippen molar-refractivity contribution in [1.82, 2.24) is 0 Å². The lowest BCUT2D eigenvalue weighted by atomic mass is 9.94. The number of carbonyl (C=O) groups is 2. The lowest BCUT2D eigenvalue weighted by Crippen LogP contribution is -2.08. The van der Waals surface area contributed by atoms with Gasteiger partial charge in [0.15, 0.2) is 0 Å². The Morgan fingerprint density at radius 2 is 1.50 bits per heavy atom. The molecule has 4 heteroatoms.